The Labute approximate surface area is 90.2 Å². The predicted molar refractivity (Wildman–Crippen MR) is 45.3 cm³/mol. The van der Waals surface area contributed by atoms with E-state index in [0.29, 0.717) is 0 Å². The summed E-state index contributed by atoms with van der Waals surface area (Å²) in [6, 6.07) is 0. The fourth-order valence-electron chi connectivity index (χ4n) is 1.19. The van der Waals surface area contributed by atoms with E-state index in [-0.39, 0.29) is 6.20 Å². The topological polar surface area (TPSA) is 82.0 Å². The van der Waals surface area contributed by atoms with Gasteiger partial charge in [0, 0.05) is 0 Å². The molecule has 0 radical (unpaired) electrons. The summed E-state index contributed by atoms with van der Waals surface area (Å²) in [5.41, 5.74) is -0.419. The number of hydrogen-bond donors (Lipinski definition) is 1. The Morgan fingerprint density at radius 2 is 1.94 bits per heavy atom. The van der Waals surface area contributed by atoms with E-state index in [1.165, 1.54) is 0 Å². The number of nitrogens with zero attached hydrogens (tertiary/aromatic N) is 2. The van der Waals surface area contributed by atoms with Gasteiger partial charge in [0.05, 0.1) is 10.5 Å². The second-order valence-electron chi connectivity index (χ2n) is 2.87. The van der Waals surface area contributed by atoms with Crippen molar-refractivity contribution in [2.45, 2.75) is 12.6 Å². The molecule has 0 bridgehead atoms. The fraction of sp³-hybridized carbons (Fsp3) is 0.286. The van der Waals surface area contributed by atoms with Crippen molar-refractivity contribution in [2.24, 2.45) is 0 Å². The zero-order valence-corrected chi connectivity index (χ0v) is 7.83. The molecule has 0 fully saturated rings. The highest BCUT2D eigenvalue weighted by Crippen LogP contribution is 2.43. The average molecular weight is 257 g/mol. The highest BCUT2D eigenvalue weighted by atomic mass is 19.4. The van der Waals surface area contributed by atoms with E-state index in [1.807, 2.05) is 0 Å². The summed E-state index contributed by atoms with van der Waals surface area (Å²) in [5, 5.41) is 10.3. The first kappa shape index (κ1) is 13.1. The second kappa shape index (κ2) is 4.11. The van der Waals surface area contributed by atoms with Gasteiger partial charge in [-0.3, -0.25) is 10.1 Å². The van der Waals surface area contributed by atoms with Gasteiger partial charge in [0.15, 0.2) is 0 Å². The third-order valence-electron chi connectivity index (χ3n) is 1.83. The van der Waals surface area contributed by atoms with Crippen molar-refractivity contribution in [3.05, 3.63) is 27.4 Å². The maximum absolute atomic E-state index is 12.5. The molecule has 0 saturated heterocycles. The van der Waals surface area contributed by atoms with E-state index in [1.54, 1.807) is 0 Å². The number of nitro groups is 1. The number of anilines is 1. The summed E-state index contributed by atoms with van der Waals surface area (Å²) in [4.78, 5) is 11.8. The van der Waals surface area contributed by atoms with Gasteiger partial charge in [0.2, 0.25) is 0 Å². The molecule has 1 aromatic rings. The molecule has 0 aliphatic heterocycles. The van der Waals surface area contributed by atoms with Crippen LogP contribution in [-0.2, 0) is 6.18 Å². The van der Waals surface area contributed by atoms with Crippen molar-refractivity contribution < 1.29 is 26.9 Å². The van der Waals surface area contributed by atoms with Gasteiger partial charge in [-0.15, -0.1) is 0 Å². The van der Waals surface area contributed by atoms with Crippen molar-refractivity contribution >= 4 is 11.5 Å². The van der Waals surface area contributed by atoms with E-state index in [4.69, 9.17) is 5.73 Å². The molecule has 94 valence electrons. The minimum absolute atomic E-state index is 0.198. The number of hydrogen-bond acceptors (Lipinski definition) is 4. The minimum Gasteiger partial charge on any atom is -0.383 e. The van der Waals surface area contributed by atoms with E-state index < -0.39 is 40.2 Å². The lowest BCUT2D eigenvalue weighted by Crippen LogP contribution is -2.15. The highest BCUT2D eigenvalue weighted by Gasteiger charge is 2.44. The highest BCUT2D eigenvalue weighted by molar-refractivity contribution is 5.55. The normalized spacial score (nSPS) is 11.9. The summed E-state index contributed by atoms with van der Waals surface area (Å²) in [5.74, 6) is -1.09. The SMILES string of the molecule is Nc1ncc([N+](=O)[O-])c(C(F)(F)F)c1C(F)F. The molecular formula is C7H4F5N3O2. The standard InChI is InChI=1S/C7H4F5N3O2/c8-5(9)3-4(7(10,11)12)2(15(16)17)1-14-6(3)13/h1,5H,(H2,13,14). The lowest BCUT2D eigenvalue weighted by molar-refractivity contribution is -0.388. The quantitative estimate of drug-likeness (QED) is 0.501. The molecule has 1 aromatic heterocycles. The van der Waals surface area contributed by atoms with E-state index in [0.717, 1.165) is 0 Å². The number of rotatable bonds is 2. The van der Waals surface area contributed by atoms with Crippen molar-refractivity contribution in [1.29, 1.82) is 0 Å². The van der Waals surface area contributed by atoms with Crippen molar-refractivity contribution in [3.63, 3.8) is 0 Å². The van der Waals surface area contributed by atoms with Gasteiger partial charge in [0.1, 0.15) is 17.6 Å². The maximum atomic E-state index is 12.5. The molecule has 0 aliphatic carbocycles. The van der Waals surface area contributed by atoms with Crippen molar-refractivity contribution in [2.75, 3.05) is 5.73 Å². The van der Waals surface area contributed by atoms with Crippen molar-refractivity contribution in [3.8, 4) is 0 Å². The first-order chi connectivity index (χ1) is 7.66. The minimum atomic E-state index is -5.31. The number of halogens is 5. The van der Waals surface area contributed by atoms with Crippen LogP contribution in [-0.4, -0.2) is 9.91 Å². The molecule has 17 heavy (non-hydrogen) atoms. The van der Waals surface area contributed by atoms with Crippen LogP contribution in [0, 0.1) is 10.1 Å². The Morgan fingerprint density at radius 3 is 2.29 bits per heavy atom. The molecule has 0 amide bonds. The maximum Gasteiger partial charge on any atom is 0.423 e. The summed E-state index contributed by atoms with van der Waals surface area (Å²) in [6.45, 7) is 0. The van der Waals surface area contributed by atoms with Crippen LogP contribution in [0.2, 0.25) is 0 Å². The first-order valence-electron chi connectivity index (χ1n) is 3.94. The number of aromatic nitrogens is 1. The van der Waals surface area contributed by atoms with Crippen LogP contribution < -0.4 is 5.73 Å². The van der Waals surface area contributed by atoms with Gasteiger partial charge in [-0.2, -0.15) is 13.2 Å². The number of nitrogens with two attached hydrogens (primary N) is 1. The fourth-order valence-corrected chi connectivity index (χ4v) is 1.19. The van der Waals surface area contributed by atoms with Gasteiger partial charge in [-0.1, -0.05) is 0 Å². The monoisotopic (exact) mass is 257 g/mol. The predicted octanol–water partition coefficient (Wildman–Crippen LogP) is 2.53. The molecule has 2 N–H and O–H groups in total. The summed E-state index contributed by atoms with van der Waals surface area (Å²) in [6.07, 6.45) is -8.73. The van der Waals surface area contributed by atoms with Crippen LogP contribution in [0.4, 0.5) is 33.5 Å². The Morgan fingerprint density at radius 1 is 1.41 bits per heavy atom. The van der Waals surface area contributed by atoms with Crippen LogP contribution in [0.1, 0.15) is 17.6 Å². The first-order valence-corrected chi connectivity index (χ1v) is 3.94. The average Bonchev–Trinajstić information content (AvgIpc) is 2.14. The molecule has 0 atom stereocenters. The Balaban J connectivity index is 3.68. The van der Waals surface area contributed by atoms with E-state index >= 15 is 0 Å². The van der Waals surface area contributed by atoms with Crippen LogP contribution in [0.15, 0.2) is 6.20 Å². The van der Waals surface area contributed by atoms with Gasteiger partial charge in [-0.05, 0) is 0 Å². The van der Waals surface area contributed by atoms with Gasteiger partial charge in [0.25, 0.3) is 12.1 Å². The molecule has 0 aliphatic rings. The van der Waals surface area contributed by atoms with Gasteiger partial charge < -0.3 is 5.73 Å². The lowest BCUT2D eigenvalue weighted by Gasteiger charge is -2.13. The van der Waals surface area contributed by atoms with Gasteiger partial charge in [-0.25, -0.2) is 13.8 Å². The zero-order chi connectivity index (χ0) is 13.4. The molecule has 5 nitrogen and oxygen atoms in total. The van der Waals surface area contributed by atoms with Crippen molar-refractivity contribution in [1.82, 2.24) is 4.98 Å². The molecule has 10 heteroatoms. The number of alkyl halides is 5. The number of nitrogen functional groups attached to an aromatic ring is 1. The third-order valence-corrected chi connectivity index (χ3v) is 1.83. The Bertz CT molecular complexity index is 460. The van der Waals surface area contributed by atoms with Gasteiger partial charge >= 0.3 is 6.18 Å². The second-order valence-corrected chi connectivity index (χ2v) is 2.87. The zero-order valence-electron chi connectivity index (χ0n) is 7.83. The van der Waals surface area contributed by atoms with Crippen LogP contribution in [0.25, 0.3) is 0 Å². The summed E-state index contributed by atoms with van der Waals surface area (Å²) < 4.78 is 62.3. The lowest BCUT2D eigenvalue weighted by atomic mass is 10.1. The molecule has 0 spiro atoms. The molecule has 0 aromatic carbocycles. The van der Waals surface area contributed by atoms with Crippen LogP contribution in [0.3, 0.4) is 0 Å². The largest absolute Gasteiger partial charge is 0.423 e. The number of pyridine rings is 1. The smallest absolute Gasteiger partial charge is 0.383 e. The van der Waals surface area contributed by atoms with E-state index in [2.05, 4.69) is 4.98 Å². The van der Waals surface area contributed by atoms with Crippen LogP contribution >= 0.6 is 0 Å². The molecule has 1 heterocycles. The summed E-state index contributed by atoms with van der Waals surface area (Å²) >= 11 is 0. The molecular weight excluding hydrogens is 253 g/mol. The van der Waals surface area contributed by atoms with E-state index in [9.17, 15) is 32.1 Å². The van der Waals surface area contributed by atoms with Crippen LogP contribution in [0.5, 0.6) is 0 Å². The molecule has 1 rings (SSSR count). The summed E-state index contributed by atoms with van der Waals surface area (Å²) in [7, 11) is 0. The molecule has 0 saturated carbocycles. The Kier molecular flexibility index (Phi) is 3.16. The third kappa shape index (κ3) is 2.40. The molecule has 0 unspecified atom stereocenters. The Hall–Kier alpha value is -2.00.